The van der Waals surface area contributed by atoms with Crippen molar-refractivity contribution >= 4 is 16.9 Å². The first-order valence-electron chi connectivity index (χ1n) is 6.50. The van der Waals surface area contributed by atoms with Crippen LogP contribution in [0.15, 0.2) is 0 Å². The number of ether oxygens (including phenoxy) is 2. The Hall–Kier alpha value is -0.0600. The third-order valence-corrected chi connectivity index (χ3v) is 3.28. The summed E-state index contributed by atoms with van der Waals surface area (Å²) in [6, 6.07) is 0. The normalized spacial score (nSPS) is 12.6. The molecule has 1 atom stereocenters. The zero-order valence-electron chi connectivity index (χ0n) is 11.4. The van der Waals surface area contributed by atoms with Crippen molar-refractivity contribution in [2.75, 3.05) is 19.7 Å². The Morgan fingerprint density at radius 1 is 1.24 bits per heavy atom. The van der Waals surface area contributed by atoms with E-state index < -0.39 is 0 Å². The maximum Gasteiger partial charge on any atom is 0.191 e. The van der Waals surface area contributed by atoms with Gasteiger partial charge in [-0.15, -0.1) is 0 Å². The van der Waals surface area contributed by atoms with Gasteiger partial charge in [-0.25, -0.2) is 0 Å². The summed E-state index contributed by atoms with van der Waals surface area (Å²) >= 11 is 1.38. The molecule has 0 rings (SSSR count). The molecule has 102 valence electrons. The van der Waals surface area contributed by atoms with Crippen LogP contribution in [0.2, 0.25) is 0 Å². The number of rotatable bonds is 11. The van der Waals surface area contributed by atoms with Gasteiger partial charge in [0, 0.05) is 13.5 Å². The van der Waals surface area contributed by atoms with Crippen LogP contribution in [0.4, 0.5) is 0 Å². The minimum Gasteiger partial charge on any atom is -0.359 e. The Kier molecular flexibility index (Phi) is 12.4. The average molecular weight is 262 g/mol. The maximum absolute atomic E-state index is 11.5. The third kappa shape index (κ3) is 10.8. The molecule has 17 heavy (non-hydrogen) atoms. The van der Waals surface area contributed by atoms with E-state index in [0.717, 1.165) is 18.6 Å². The van der Waals surface area contributed by atoms with Gasteiger partial charge >= 0.3 is 0 Å². The molecule has 0 radical (unpaired) electrons. The fourth-order valence-electron chi connectivity index (χ4n) is 1.61. The monoisotopic (exact) mass is 262 g/mol. The number of hydrogen-bond donors (Lipinski definition) is 0. The Balaban J connectivity index is 3.82. The van der Waals surface area contributed by atoms with Crippen molar-refractivity contribution in [2.45, 2.75) is 58.5 Å². The summed E-state index contributed by atoms with van der Waals surface area (Å²) in [4.78, 5) is 11.5. The van der Waals surface area contributed by atoms with Crippen LogP contribution in [-0.2, 0) is 14.3 Å². The third-order valence-electron chi connectivity index (χ3n) is 2.50. The molecule has 0 amide bonds. The number of thioether (sulfide) groups is 1. The molecular formula is C13H26O3S. The highest BCUT2D eigenvalue weighted by atomic mass is 32.2. The SMILES string of the molecule is CCCCCC[C@H](CC(=O)SCC)OCOC. The number of carbonyl (C=O) groups is 1. The number of unbranched alkanes of at least 4 members (excludes halogenated alkanes) is 3. The van der Waals surface area contributed by atoms with Crippen LogP contribution in [-0.4, -0.2) is 30.9 Å². The van der Waals surface area contributed by atoms with Crippen LogP contribution in [0.5, 0.6) is 0 Å². The standard InChI is InChI=1S/C13H26O3S/c1-4-6-7-8-9-12(16-11-15-3)10-13(14)17-5-2/h12H,4-11H2,1-3H3/t12-/m1/s1. The topological polar surface area (TPSA) is 35.5 Å². The number of carbonyl (C=O) groups excluding carboxylic acids is 1. The van der Waals surface area contributed by atoms with E-state index in [1.54, 1.807) is 7.11 Å². The van der Waals surface area contributed by atoms with Gasteiger partial charge in [0.2, 0.25) is 0 Å². The summed E-state index contributed by atoms with van der Waals surface area (Å²) in [6.45, 7) is 4.47. The summed E-state index contributed by atoms with van der Waals surface area (Å²) in [5, 5.41) is 0.226. The van der Waals surface area contributed by atoms with Crippen LogP contribution in [0, 0.1) is 0 Å². The molecule has 0 aliphatic heterocycles. The fraction of sp³-hybridized carbons (Fsp3) is 0.923. The second kappa shape index (κ2) is 12.4. The van der Waals surface area contributed by atoms with E-state index in [9.17, 15) is 4.79 Å². The summed E-state index contributed by atoms with van der Waals surface area (Å²) in [5.74, 6) is 0.839. The molecule has 0 heterocycles. The molecule has 0 aromatic rings. The molecule has 0 unspecified atom stereocenters. The predicted octanol–water partition coefficient (Wildman–Crippen LogP) is 3.62. The van der Waals surface area contributed by atoms with E-state index in [1.165, 1.54) is 31.0 Å². The van der Waals surface area contributed by atoms with Gasteiger partial charge in [-0.05, 0) is 12.2 Å². The van der Waals surface area contributed by atoms with Crippen LogP contribution in [0.3, 0.4) is 0 Å². The van der Waals surface area contributed by atoms with Crippen LogP contribution >= 0.6 is 11.8 Å². The van der Waals surface area contributed by atoms with Crippen molar-refractivity contribution in [3.05, 3.63) is 0 Å². The largest absolute Gasteiger partial charge is 0.359 e. The van der Waals surface area contributed by atoms with Crippen molar-refractivity contribution in [3.8, 4) is 0 Å². The molecule has 4 heteroatoms. The molecule has 0 aromatic carbocycles. The van der Waals surface area contributed by atoms with Crippen molar-refractivity contribution in [1.82, 2.24) is 0 Å². The second-order valence-electron chi connectivity index (χ2n) is 4.05. The van der Waals surface area contributed by atoms with Gasteiger partial charge in [0.25, 0.3) is 0 Å². The lowest BCUT2D eigenvalue weighted by molar-refractivity contribution is -0.118. The van der Waals surface area contributed by atoms with Crippen molar-refractivity contribution in [2.24, 2.45) is 0 Å². The molecule has 0 saturated carbocycles. The number of hydrogen-bond acceptors (Lipinski definition) is 4. The molecule has 0 saturated heterocycles. The maximum atomic E-state index is 11.5. The van der Waals surface area contributed by atoms with Crippen molar-refractivity contribution in [1.29, 1.82) is 0 Å². The summed E-state index contributed by atoms with van der Waals surface area (Å²) in [5.41, 5.74) is 0. The summed E-state index contributed by atoms with van der Waals surface area (Å²) in [7, 11) is 1.61. The first kappa shape index (κ1) is 16.9. The van der Waals surface area contributed by atoms with E-state index in [2.05, 4.69) is 6.92 Å². The molecule has 0 fully saturated rings. The molecule has 0 N–H and O–H groups in total. The Morgan fingerprint density at radius 2 is 2.00 bits per heavy atom. The zero-order valence-corrected chi connectivity index (χ0v) is 12.2. The minimum atomic E-state index is 0.0263. The quantitative estimate of drug-likeness (QED) is 0.421. The van der Waals surface area contributed by atoms with E-state index in [4.69, 9.17) is 9.47 Å². The zero-order chi connectivity index (χ0) is 12.9. The van der Waals surface area contributed by atoms with Gasteiger partial charge in [0.1, 0.15) is 6.79 Å². The predicted molar refractivity (Wildman–Crippen MR) is 73.3 cm³/mol. The van der Waals surface area contributed by atoms with E-state index >= 15 is 0 Å². The van der Waals surface area contributed by atoms with Crippen molar-refractivity contribution < 1.29 is 14.3 Å². The lowest BCUT2D eigenvalue weighted by Crippen LogP contribution is -2.18. The van der Waals surface area contributed by atoms with Crippen LogP contribution < -0.4 is 0 Å². The summed E-state index contributed by atoms with van der Waals surface area (Å²) in [6.07, 6.45) is 6.33. The Morgan fingerprint density at radius 3 is 2.59 bits per heavy atom. The van der Waals surface area contributed by atoms with Gasteiger partial charge in [0.05, 0.1) is 6.10 Å². The van der Waals surface area contributed by atoms with Gasteiger partial charge < -0.3 is 9.47 Å². The van der Waals surface area contributed by atoms with E-state index in [0.29, 0.717) is 6.42 Å². The first-order chi connectivity index (χ1) is 8.24. The highest BCUT2D eigenvalue weighted by molar-refractivity contribution is 8.13. The van der Waals surface area contributed by atoms with Gasteiger partial charge in [-0.3, -0.25) is 4.79 Å². The second-order valence-corrected chi connectivity index (χ2v) is 5.38. The average Bonchev–Trinajstić information content (AvgIpc) is 2.31. The number of methoxy groups -OCH3 is 1. The lowest BCUT2D eigenvalue weighted by atomic mass is 10.1. The Labute approximate surface area is 110 Å². The van der Waals surface area contributed by atoms with Gasteiger partial charge in [-0.1, -0.05) is 51.3 Å². The minimum absolute atomic E-state index is 0.0263. The fourth-order valence-corrected chi connectivity index (χ4v) is 2.24. The molecule has 0 aliphatic carbocycles. The van der Waals surface area contributed by atoms with Gasteiger partial charge in [0.15, 0.2) is 5.12 Å². The molecular weight excluding hydrogens is 236 g/mol. The van der Waals surface area contributed by atoms with E-state index in [-0.39, 0.29) is 18.0 Å². The van der Waals surface area contributed by atoms with E-state index in [1.807, 2.05) is 6.92 Å². The first-order valence-corrected chi connectivity index (χ1v) is 7.49. The molecule has 0 bridgehead atoms. The molecule has 0 aromatic heterocycles. The molecule has 0 spiro atoms. The smallest absolute Gasteiger partial charge is 0.191 e. The highest BCUT2D eigenvalue weighted by Gasteiger charge is 2.14. The summed E-state index contributed by atoms with van der Waals surface area (Å²) < 4.78 is 10.4. The Bertz CT molecular complexity index is 186. The molecule has 3 nitrogen and oxygen atoms in total. The highest BCUT2D eigenvalue weighted by Crippen LogP contribution is 2.15. The van der Waals surface area contributed by atoms with Gasteiger partial charge in [-0.2, -0.15) is 0 Å². The van der Waals surface area contributed by atoms with Crippen LogP contribution in [0.1, 0.15) is 52.4 Å². The van der Waals surface area contributed by atoms with Crippen molar-refractivity contribution in [3.63, 3.8) is 0 Å². The molecule has 0 aliphatic rings. The van der Waals surface area contributed by atoms with Crippen LogP contribution in [0.25, 0.3) is 0 Å². The lowest BCUT2D eigenvalue weighted by Gasteiger charge is -2.16.